The van der Waals surface area contributed by atoms with Gasteiger partial charge in [-0.05, 0) is 0 Å². The Morgan fingerprint density at radius 3 is 2.04 bits per heavy atom. The number of hydrogen-bond donors (Lipinski definition) is 0. The van der Waals surface area contributed by atoms with Crippen LogP contribution in [-0.4, -0.2) is 36.1 Å². The first-order valence-electron chi connectivity index (χ1n) is 10.9. The van der Waals surface area contributed by atoms with Gasteiger partial charge < -0.3 is 0 Å². The fourth-order valence-electron chi connectivity index (χ4n) is 3.82. The Kier molecular flexibility index (Phi) is 9.45. The normalized spacial score (nSPS) is 11.9. The molecule has 1 aromatic carbocycles. The quantitative estimate of drug-likeness (QED) is 0.336. The molecule has 0 amide bonds. The Morgan fingerprint density at radius 1 is 0.964 bits per heavy atom. The third-order valence-electron chi connectivity index (χ3n) is 5.64. The first-order chi connectivity index (χ1) is 13.5. The van der Waals surface area contributed by atoms with Crippen LogP contribution in [0.25, 0.3) is 5.69 Å². The fraction of sp³-hybridized carbons (Fsp3) is 0.652. The summed E-state index contributed by atoms with van der Waals surface area (Å²) in [4.78, 5) is 0. The molecule has 154 valence electrons. The Balaban J connectivity index is 2.33. The molecule has 1 heterocycles. The average Bonchev–Trinajstić information content (AvgIpc) is 3.03. The maximum absolute atomic E-state index is 14.5. The SMILES string of the molecule is CCCC[C](CCCC)(CCCC)[Sn][c]1nnn(-c2ccc(C)cc2F)c1C. The van der Waals surface area contributed by atoms with Crippen molar-refractivity contribution in [1.29, 1.82) is 0 Å². The zero-order valence-electron chi connectivity index (χ0n) is 18.3. The minimum absolute atomic E-state index is 0.223. The van der Waals surface area contributed by atoms with Gasteiger partial charge in [0.05, 0.1) is 0 Å². The molecule has 2 aromatic rings. The van der Waals surface area contributed by atoms with Crippen molar-refractivity contribution in [3.05, 3.63) is 35.3 Å². The Morgan fingerprint density at radius 2 is 1.54 bits per heavy atom. The van der Waals surface area contributed by atoms with E-state index >= 15 is 0 Å². The zero-order valence-corrected chi connectivity index (χ0v) is 21.2. The van der Waals surface area contributed by atoms with Gasteiger partial charge in [0.1, 0.15) is 0 Å². The van der Waals surface area contributed by atoms with E-state index in [2.05, 4.69) is 38.0 Å². The molecule has 0 bridgehead atoms. The van der Waals surface area contributed by atoms with Gasteiger partial charge in [0.2, 0.25) is 0 Å². The summed E-state index contributed by atoms with van der Waals surface area (Å²) in [6, 6.07) is 5.33. The molecule has 0 saturated heterocycles. The molecule has 0 unspecified atom stereocenters. The van der Waals surface area contributed by atoms with Crippen LogP contribution >= 0.6 is 0 Å². The van der Waals surface area contributed by atoms with E-state index in [0.717, 1.165) is 11.3 Å². The van der Waals surface area contributed by atoms with Gasteiger partial charge in [-0.1, -0.05) is 0 Å². The summed E-state index contributed by atoms with van der Waals surface area (Å²) in [5, 5.41) is 8.96. The van der Waals surface area contributed by atoms with Gasteiger partial charge in [0.25, 0.3) is 0 Å². The Bertz CT molecular complexity index is 720. The zero-order chi connectivity index (χ0) is 20.6. The van der Waals surface area contributed by atoms with Crippen LogP contribution in [-0.2, 0) is 0 Å². The average molecular weight is 492 g/mol. The summed E-state index contributed by atoms with van der Waals surface area (Å²) in [7, 11) is 0. The third kappa shape index (κ3) is 6.04. The van der Waals surface area contributed by atoms with E-state index in [1.54, 1.807) is 10.7 Å². The van der Waals surface area contributed by atoms with Crippen molar-refractivity contribution in [1.82, 2.24) is 15.0 Å². The molecule has 0 fully saturated rings. The number of halogens is 1. The summed E-state index contributed by atoms with van der Waals surface area (Å²) < 4.78 is 17.9. The van der Waals surface area contributed by atoms with Crippen LogP contribution in [0.3, 0.4) is 0 Å². The van der Waals surface area contributed by atoms with Gasteiger partial charge in [0.15, 0.2) is 0 Å². The van der Waals surface area contributed by atoms with Crippen LogP contribution in [0.15, 0.2) is 18.2 Å². The first-order valence-corrected chi connectivity index (χ1v) is 13.8. The molecule has 0 aliphatic heterocycles. The molecular weight excluding hydrogens is 456 g/mol. The second-order valence-corrected chi connectivity index (χ2v) is 13.2. The number of rotatable bonds is 12. The van der Waals surface area contributed by atoms with Gasteiger partial charge >= 0.3 is 181 Å². The summed E-state index contributed by atoms with van der Waals surface area (Å²) >= 11 is -0.966. The molecule has 2 rings (SSSR count). The van der Waals surface area contributed by atoms with Gasteiger partial charge in [0, 0.05) is 0 Å². The topological polar surface area (TPSA) is 30.7 Å². The standard InChI is InChI=1S/C13H27.C10H9FN3.Sn/c1-4-7-10-13(11-8-5-2)12-9-6-3;1-7-3-4-10(9(11)5-7)14-8(2)6-12-13-14;/h4-12H2,1-3H3;3-5H,1-2H3;. The van der Waals surface area contributed by atoms with Crippen molar-refractivity contribution < 1.29 is 4.39 Å². The molecule has 28 heavy (non-hydrogen) atoms. The van der Waals surface area contributed by atoms with E-state index < -0.39 is 21.1 Å². The summed E-state index contributed by atoms with van der Waals surface area (Å²) in [6.45, 7) is 10.8. The van der Waals surface area contributed by atoms with Crippen molar-refractivity contribution in [2.75, 3.05) is 0 Å². The molecule has 0 aliphatic carbocycles. The van der Waals surface area contributed by atoms with Crippen LogP contribution in [0, 0.1) is 19.7 Å². The Labute approximate surface area is 180 Å². The van der Waals surface area contributed by atoms with Gasteiger partial charge in [-0.3, -0.25) is 0 Å². The molecule has 3 nitrogen and oxygen atoms in total. The van der Waals surface area contributed by atoms with E-state index in [1.807, 2.05) is 19.1 Å². The maximum atomic E-state index is 14.5. The molecule has 2 radical (unpaired) electrons. The van der Waals surface area contributed by atoms with E-state index in [-0.39, 0.29) is 5.82 Å². The molecule has 0 saturated carbocycles. The van der Waals surface area contributed by atoms with Crippen molar-refractivity contribution in [2.45, 2.75) is 95.8 Å². The van der Waals surface area contributed by atoms with E-state index in [1.165, 1.54) is 61.5 Å². The summed E-state index contributed by atoms with van der Waals surface area (Å²) in [5.74, 6) is -0.223. The molecule has 0 spiro atoms. The number of benzene rings is 1. The minimum atomic E-state index is -0.966. The predicted octanol–water partition coefficient (Wildman–Crippen LogP) is 6.08. The van der Waals surface area contributed by atoms with Crippen molar-refractivity contribution in [3.8, 4) is 5.69 Å². The number of unbranched alkanes of at least 4 members (excludes halogenated alkanes) is 3. The van der Waals surface area contributed by atoms with E-state index in [0.29, 0.717) is 9.12 Å². The molecule has 0 N–H and O–H groups in total. The van der Waals surface area contributed by atoms with E-state index in [9.17, 15) is 4.39 Å². The summed E-state index contributed by atoms with van der Waals surface area (Å²) in [6.07, 6.45) is 11.6. The summed E-state index contributed by atoms with van der Waals surface area (Å²) in [5.41, 5.74) is 2.49. The fourth-order valence-corrected chi connectivity index (χ4v) is 8.92. The number of hydrogen-bond acceptors (Lipinski definition) is 2. The van der Waals surface area contributed by atoms with Gasteiger partial charge in [-0.15, -0.1) is 0 Å². The number of aryl methyl sites for hydroxylation is 1. The van der Waals surface area contributed by atoms with Crippen LogP contribution in [0.1, 0.15) is 89.8 Å². The van der Waals surface area contributed by atoms with Gasteiger partial charge in [-0.2, -0.15) is 0 Å². The predicted molar refractivity (Wildman–Crippen MR) is 117 cm³/mol. The monoisotopic (exact) mass is 493 g/mol. The molecule has 1 aromatic heterocycles. The molecular formula is C23H36FN3Sn. The second-order valence-electron chi connectivity index (χ2n) is 8.11. The van der Waals surface area contributed by atoms with Crippen molar-refractivity contribution in [2.24, 2.45) is 0 Å². The van der Waals surface area contributed by atoms with Gasteiger partial charge in [-0.25, -0.2) is 0 Å². The van der Waals surface area contributed by atoms with E-state index in [4.69, 9.17) is 0 Å². The number of nitrogens with zero attached hydrogens (tertiary/aromatic N) is 3. The first kappa shape index (κ1) is 23.4. The van der Waals surface area contributed by atoms with Crippen LogP contribution in [0.5, 0.6) is 0 Å². The van der Waals surface area contributed by atoms with Crippen molar-refractivity contribution in [3.63, 3.8) is 0 Å². The van der Waals surface area contributed by atoms with Crippen molar-refractivity contribution >= 4 is 24.9 Å². The molecule has 0 atom stereocenters. The molecule has 0 aliphatic rings. The van der Waals surface area contributed by atoms with Crippen LogP contribution < -0.4 is 3.71 Å². The number of aromatic nitrogens is 3. The third-order valence-corrected chi connectivity index (χ3v) is 11.3. The van der Waals surface area contributed by atoms with Crippen LogP contribution in [0.2, 0.25) is 3.43 Å². The van der Waals surface area contributed by atoms with Crippen LogP contribution in [0.4, 0.5) is 4.39 Å². The second kappa shape index (κ2) is 11.3. The Hall–Kier alpha value is -0.911. The molecule has 5 heteroatoms.